The zero-order chi connectivity index (χ0) is 12.9. The molecule has 5 nitrogen and oxygen atoms in total. The summed E-state index contributed by atoms with van der Waals surface area (Å²) in [6.45, 7) is 1.76. The number of hydrogen-bond donors (Lipinski definition) is 0. The van der Waals surface area contributed by atoms with Crippen LogP contribution in [0.1, 0.15) is 39.0 Å². The number of carbonyl (C=O) groups excluding carboxylic acids is 1. The molecule has 7 heteroatoms. The van der Waals surface area contributed by atoms with Crippen LogP contribution in [0.5, 0.6) is 0 Å². The quantitative estimate of drug-likeness (QED) is 0.570. The monoisotopic (exact) mass is 284 g/mol. The molecule has 1 aliphatic rings. The molecule has 1 fully saturated rings. The second-order valence-corrected chi connectivity index (χ2v) is 6.37. The standard InChI is InChI=1S/C10H17ClO5S/c1-2-15-9(12)10(6-4-3-5-7-10)8-16-17(11,13)14/h2-8H2,1H3. The molecule has 0 aromatic carbocycles. The molecular formula is C10H17ClO5S. The van der Waals surface area contributed by atoms with Gasteiger partial charge in [-0.25, -0.2) is 0 Å². The van der Waals surface area contributed by atoms with Crippen molar-refractivity contribution in [2.75, 3.05) is 13.2 Å². The molecule has 0 amide bonds. The molecule has 1 saturated carbocycles. The van der Waals surface area contributed by atoms with Crippen LogP contribution in [0.25, 0.3) is 0 Å². The van der Waals surface area contributed by atoms with E-state index in [0.29, 0.717) is 12.8 Å². The molecule has 1 aliphatic carbocycles. The van der Waals surface area contributed by atoms with Crippen molar-refractivity contribution in [3.63, 3.8) is 0 Å². The van der Waals surface area contributed by atoms with Crippen LogP contribution >= 0.6 is 10.7 Å². The van der Waals surface area contributed by atoms with Crippen molar-refractivity contribution in [1.82, 2.24) is 0 Å². The summed E-state index contributed by atoms with van der Waals surface area (Å²) < 4.78 is 31.1. The van der Waals surface area contributed by atoms with Crippen LogP contribution in [0.2, 0.25) is 0 Å². The number of hydrogen-bond acceptors (Lipinski definition) is 5. The molecule has 0 heterocycles. The predicted molar refractivity (Wildman–Crippen MR) is 62.9 cm³/mol. The van der Waals surface area contributed by atoms with Gasteiger partial charge in [-0.3, -0.25) is 8.98 Å². The summed E-state index contributed by atoms with van der Waals surface area (Å²) in [5.41, 5.74) is -0.851. The molecule has 0 spiro atoms. The van der Waals surface area contributed by atoms with Gasteiger partial charge in [0, 0.05) is 10.7 Å². The normalized spacial score (nSPS) is 19.9. The molecule has 0 atom stereocenters. The van der Waals surface area contributed by atoms with Gasteiger partial charge in [0.05, 0.1) is 18.6 Å². The van der Waals surface area contributed by atoms with Crippen molar-refractivity contribution in [3.8, 4) is 0 Å². The Labute approximate surface area is 106 Å². The maximum atomic E-state index is 11.9. The van der Waals surface area contributed by atoms with Gasteiger partial charge in [-0.2, -0.15) is 8.42 Å². The van der Waals surface area contributed by atoms with Crippen molar-refractivity contribution >= 4 is 26.0 Å². The third-order valence-electron chi connectivity index (χ3n) is 3.00. The van der Waals surface area contributed by atoms with Crippen molar-refractivity contribution in [1.29, 1.82) is 0 Å². The Morgan fingerprint density at radius 1 is 1.29 bits per heavy atom. The van der Waals surface area contributed by atoms with E-state index in [9.17, 15) is 13.2 Å². The van der Waals surface area contributed by atoms with Gasteiger partial charge in [-0.1, -0.05) is 19.3 Å². The molecule has 0 bridgehead atoms. The smallest absolute Gasteiger partial charge is 0.355 e. The average Bonchev–Trinajstić information content (AvgIpc) is 2.27. The fraction of sp³-hybridized carbons (Fsp3) is 0.900. The summed E-state index contributed by atoms with van der Waals surface area (Å²) in [7, 11) is 0.948. The first kappa shape index (κ1) is 14.7. The van der Waals surface area contributed by atoms with E-state index >= 15 is 0 Å². The Kier molecular flexibility index (Phi) is 5.22. The predicted octanol–water partition coefficient (Wildman–Crippen LogP) is 2.00. The van der Waals surface area contributed by atoms with E-state index in [-0.39, 0.29) is 19.2 Å². The fourth-order valence-corrected chi connectivity index (χ4v) is 2.60. The highest BCUT2D eigenvalue weighted by Gasteiger charge is 2.42. The van der Waals surface area contributed by atoms with Crippen LogP contribution in [-0.2, 0) is 23.0 Å². The Hall–Kier alpha value is -0.330. The van der Waals surface area contributed by atoms with E-state index in [2.05, 4.69) is 4.18 Å². The molecule has 1 rings (SSSR count). The van der Waals surface area contributed by atoms with E-state index in [0.717, 1.165) is 19.3 Å². The van der Waals surface area contributed by atoms with E-state index in [1.807, 2.05) is 0 Å². The number of halogens is 1. The van der Waals surface area contributed by atoms with Crippen molar-refractivity contribution in [3.05, 3.63) is 0 Å². The minimum absolute atomic E-state index is 0.225. The summed E-state index contributed by atoms with van der Waals surface area (Å²) in [5.74, 6) is -0.389. The molecule has 0 aromatic heterocycles. The Morgan fingerprint density at radius 3 is 2.35 bits per heavy atom. The van der Waals surface area contributed by atoms with Gasteiger partial charge >= 0.3 is 15.3 Å². The third-order valence-corrected chi connectivity index (χ3v) is 3.66. The zero-order valence-electron chi connectivity index (χ0n) is 9.78. The van der Waals surface area contributed by atoms with Crippen molar-refractivity contribution < 1.29 is 22.1 Å². The molecule has 100 valence electrons. The molecule has 17 heavy (non-hydrogen) atoms. The van der Waals surface area contributed by atoms with Crippen LogP contribution in [0.3, 0.4) is 0 Å². The van der Waals surface area contributed by atoms with Crippen LogP contribution in [0.4, 0.5) is 0 Å². The van der Waals surface area contributed by atoms with Crippen LogP contribution in [0.15, 0.2) is 0 Å². The van der Waals surface area contributed by atoms with Crippen LogP contribution in [0, 0.1) is 5.41 Å². The molecule has 0 unspecified atom stereocenters. The lowest BCUT2D eigenvalue weighted by Gasteiger charge is -2.33. The van der Waals surface area contributed by atoms with Crippen LogP contribution in [-0.4, -0.2) is 27.6 Å². The molecule has 0 N–H and O–H groups in total. The molecular weight excluding hydrogens is 268 g/mol. The lowest BCUT2D eigenvalue weighted by molar-refractivity contribution is -0.159. The first-order valence-corrected chi connectivity index (χ1v) is 7.89. The molecule has 0 aliphatic heterocycles. The van der Waals surface area contributed by atoms with E-state index in [1.165, 1.54) is 0 Å². The van der Waals surface area contributed by atoms with Gasteiger partial charge in [-0.15, -0.1) is 0 Å². The van der Waals surface area contributed by atoms with Crippen LogP contribution < -0.4 is 0 Å². The Bertz CT molecular complexity index is 359. The number of carbonyl (C=O) groups is 1. The maximum Gasteiger partial charge on any atom is 0.355 e. The lowest BCUT2D eigenvalue weighted by Crippen LogP contribution is -2.39. The van der Waals surface area contributed by atoms with Gasteiger partial charge in [-0.05, 0) is 19.8 Å². The first-order valence-electron chi connectivity index (χ1n) is 5.66. The highest BCUT2D eigenvalue weighted by molar-refractivity contribution is 8.09. The van der Waals surface area contributed by atoms with Crippen molar-refractivity contribution in [2.24, 2.45) is 5.41 Å². The Morgan fingerprint density at radius 2 is 1.88 bits per heavy atom. The minimum atomic E-state index is -4.05. The minimum Gasteiger partial charge on any atom is -0.465 e. The summed E-state index contributed by atoms with van der Waals surface area (Å²) in [5, 5.41) is 0. The highest BCUT2D eigenvalue weighted by atomic mass is 35.7. The van der Waals surface area contributed by atoms with Gasteiger partial charge in [0.15, 0.2) is 0 Å². The van der Waals surface area contributed by atoms with Gasteiger partial charge in [0.1, 0.15) is 0 Å². The maximum absolute atomic E-state index is 11.9. The van der Waals surface area contributed by atoms with E-state index in [4.69, 9.17) is 15.4 Å². The number of ether oxygens (including phenoxy) is 1. The molecule has 0 saturated heterocycles. The fourth-order valence-electron chi connectivity index (χ4n) is 2.10. The number of rotatable bonds is 5. The Balaban J connectivity index is 2.74. The first-order chi connectivity index (χ1) is 7.90. The van der Waals surface area contributed by atoms with Gasteiger partial charge < -0.3 is 4.74 Å². The molecule has 0 radical (unpaired) electrons. The van der Waals surface area contributed by atoms with Crippen molar-refractivity contribution in [2.45, 2.75) is 39.0 Å². The summed E-state index contributed by atoms with van der Waals surface area (Å²) in [6, 6.07) is 0. The van der Waals surface area contributed by atoms with Gasteiger partial charge in [0.2, 0.25) is 0 Å². The SMILES string of the molecule is CCOC(=O)C1(COS(=O)(=O)Cl)CCCCC1. The van der Waals surface area contributed by atoms with E-state index in [1.54, 1.807) is 6.92 Å². The largest absolute Gasteiger partial charge is 0.465 e. The zero-order valence-corrected chi connectivity index (χ0v) is 11.3. The molecule has 0 aromatic rings. The topological polar surface area (TPSA) is 69.7 Å². The summed E-state index contributed by atoms with van der Waals surface area (Å²) in [4.78, 5) is 11.9. The summed E-state index contributed by atoms with van der Waals surface area (Å²) >= 11 is 0. The second-order valence-electron chi connectivity index (χ2n) is 4.22. The highest BCUT2D eigenvalue weighted by Crippen LogP contribution is 2.38. The average molecular weight is 285 g/mol. The number of esters is 1. The summed E-state index contributed by atoms with van der Waals surface area (Å²) in [6.07, 6.45) is 3.93. The van der Waals surface area contributed by atoms with E-state index < -0.39 is 14.7 Å². The lowest BCUT2D eigenvalue weighted by atomic mass is 9.75. The second kappa shape index (κ2) is 6.02. The third kappa shape index (κ3) is 4.44. The van der Waals surface area contributed by atoms with Gasteiger partial charge in [0.25, 0.3) is 0 Å².